The first-order chi connectivity index (χ1) is 12.1. The predicted octanol–water partition coefficient (Wildman–Crippen LogP) is 3.55. The number of nitrogens with one attached hydrogen (secondary N) is 2. The van der Waals surface area contributed by atoms with Gasteiger partial charge in [0.05, 0.1) is 4.90 Å². The van der Waals surface area contributed by atoms with E-state index in [0.29, 0.717) is 5.69 Å². The normalized spacial score (nSPS) is 12.3. The molecular weight excluding hydrogens is 355 g/mol. The summed E-state index contributed by atoms with van der Waals surface area (Å²) < 4.78 is 40.8. The molecule has 0 aliphatic heterocycles. The van der Waals surface area contributed by atoms with Crippen molar-refractivity contribution in [1.29, 1.82) is 0 Å². The van der Waals surface area contributed by atoms with Crippen LogP contribution in [0.2, 0.25) is 0 Å². The van der Waals surface area contributed by atoms with Gasteiger partial charge in [0, 0.05) is 22.9 Å². The van der Waals surface area contributed by atoms with Crippen LogP contribution in [0, 0.1) is 5.82 Å². The third-order valence-electron chi connectivity index (χ3n) is 3.17. The van der Waals surface area contributed by atoms with Gasteiger partial charge < -0.3 is 5.32 Å². The standard InChI is InChI=1S/C19H21FN2O3S/c1-19(2,3)22-26(24,25)16-9-6-8-15(13-16)21-18(23)12-11-14-7-4-5-10-17(14)20/h4-13,22H,1-3H3,(H,21,23)/b12-11+. The topological polar surface area (TPSA) is 75.3 Å². The first-order valence-corrected chi connectivity index (χ1v) is 9.43. The molecule has 0 saturated carbocycles. The highest BCUT2D eigenvalue weighted by molar-refractivity contribution is 7.89. The summed E-state index contributed by atoms with van der Waals surface area (Å²) in [6, 6.07) is 12.0. The number of carbonyl (C=O) groups is 1. The quantitative estimate of drug-likeness (QED) is 0.784. The molecule has 0 radical (unpaired) electrons. The molecule has 0 bridgehead atoms. The summed E-state index contributed by atoms with van der Waals surface area (Å²) in [6.07, 6.45) is 2.54. The van der Waals surface area contributed by atoms with Crippen LogP contribution in [0.25, 0.3) is 6.08 Å². The van der Waals surface area contributed by atoms with E-state index in [0.717, 1.165) is 0 Å². The van der Waals surface area contributed by atoms with Crippen LogP contribution in [-0.2, 0) is 14.8 Å². The molecule has 0 spiro atoms. The van der Waals surface area contributed by atoms with Crippen LogP contribution in [0.1, 0.15) is 26.3 Å². The monoisotopic (exact) mass is 376 g/mol. The Kier molecular flexibility index (Phi) is 5.94. The third kappa shape index (κ3) is 5.79. The van der Waals surface area contributed by atoms with E-state index in [9.17, 15) is 17.6 Å². The average molecular weight is 376 g/mol. The highest BCUT2D eigenvalue weighted by Crippen LogP contribution is 2.17. The van der Waals surface area contributed by atoms with E-state index in [-0.39, 0.29) is 10.5 Å². The second-order valence-corrected chi connectivity index (χ2v) is 8.41. The summed E-state index contributed by atoms with van der Waals surface area (Å²) >= 11 is 0. The van der Waals surface area contributed by atoms with Crippen molar-refractivity contribution in [2.45, 2.75) is 31.2 Å². The number of rotatable bonds is 5. The van der Waals surface area contributed by atoms with Crippen molar-refractivity contribution in [3.05, 3.63) is 66.0 Å². The summed E-state index contributed by atoms with van der Waals surface area (Å²) in [7, 11) is -3.71. The minimum Gasteiger partial charge on any atom is -0.322 e. The van der Waals surface area contributed by atoms with Crippen molar-refractivity contribution in [2.24, 2.45) is 0 Å². The van der Waals surface area contributed by atoms with Gasteiger partial charge in [-0.05, 0) is 51.1 Å². The number of hydrogen-bond acceptors (Lipinski definition) is 3. The molecule has 0 fully saturated rings. The molecule has 0 saturated heterocycles. The summed E-state index contributed by atoms with van der Waals surface area (Å²) in [5, 5.41) is 2.57. The van der Waals surface area contributed by atoms with Gasteiger partial charge in [0.1, 0.15) is 5.82 Å². The SMILES string of the molecule is CC(C)(C)NS(=O)(=O)c1cccc(NC(=O)/C=C/c2ccccc2F)c1. The summed E-state index contributed by atoms with van der Waals surface area (Å²) in [5.74, 6) is -0.926. The minimum atomic E-state index is -3.71. The van der Waals surface area contributed by atoms with Gasteiger partial charge in [-0.1, -0.05) is 24.3 Å². The van der Waals surface area contributed by atoms with Crippen LogP contribution < -0.4 is 10.0 Å². The summed E-state index contributed by atoms with van der Waals surface area (Å²) in [6.45, 7) is 5.22. The fourth-order valence-electron chi connectivity index (χ4n) is 2.16. The second kappa shape index (κ2) is 7.80. The van der Waals surface area contributed by atoms with Gasteiger partial charge in [-0.3, -0.25) is 4.79 Å². The average Bonchev–Trinajstić information content (AvgIpc) is 2.52. The fraction of sp³-hybridized carbons (Fsp3) is 0.211. The van der Waals surface area contributed by atoms with Crippen LogP contribution in [-0.4, -0.2) is 19.9 Å². The van der Waals surface area contributed by atoms with Crippen LogP contribution in [0.3, 0.4) is 0 Å². The molecule has 0 heterocycles. The summed E-state index contributed by atoms with van der Waals surface area (Å²) in [5.41, 5.74) is -0.0149. The van der Waals surface area contributed by atoms with E-state index >= 15 is 0 Å². The molecule has 26 heavy (non-hydrogen) atoms. The smallest absolute Gasteiger partial charge is 0.248 e. The number of carbonyl (C=O) groups excluding carboxylic acids is 1. The Morgan fingerprint density at radius 3 is 2.42 bits per heavy atom. The highest BCUT2D eigenvalue weighted by Gasteiger charge is 2.22. The zero-order chi connectivity index (χ0) is 19.4. The van der Waals surface area contributed by atoms with E-state index in [1.54, 1.807) is 45.0 Å². The van der Waals surface area contributed by atoms with Gasteiger partial charge >= 0.3 is 0 Å². The summed E-state index contributed by atoms with van der Waals surface area (Å²) in [4.78, 5) is 12.0. The van der Waals surface area contributed by atoms with Crippen molar-refractivity contribution in [3.8, 4) is 0 Å². The Bertz CT molecular complexity index is 932. The Balaban J connectivity index is 2.13. The number of benzene rings is 2. The Hall–Kier alpha value is -2.51. The van der Waals surface area contributed by atoms with E-state index in [2.05, 4.69) is 10.0 Å². The lowest BCUT2D eigenvalue weighted by molar-refractivity contribution is -0.111. The van der Waals surface area contributed by atoms with Gasteiger partial charge in [0.15, 0.2) is 0 Å². The first kappa shape index (κ1) is 19.8. The maximum Gasteiger partial charge on any atom is 0.248 e. The lowest BCUT2D eigenvalue weighted by atomic mass is 10.1. The Morgan fingerprint density at radius 1 is 1.08 bits per heavy atom. The molecule has 2 N–H and O–H groups in total. The molecule has 2 aromatic rings. The molecule has 2 rings (SSSR count). The predicted molar refractivity (Wildman–Crippen MR) is 101 cm³/mol. The molecule has 0 aliphatic carbocycles. The second-order valence-electron chi connectivity index (χ2n) is 6.73. The van der Waals surface area contributed by atoms with E-state index < -0.39 is 27.3 Å². The molecule has 5 nitrogen and oxygen atoms in total. The molecule has 0 aromatic heterocycles. The number of halogens is 1. The van der Waals surface area contributed by atoms with Crippen LogP contribution in [0.15, 0.2) is 59.5 Å². The third-order valence-corrected chi connectivity index (χ3v) is 4.93. The van der Waals surface area contributed by atoms with Crippen molar-refractivity contribution < 1.29 is 17.6 Å². The van der Waals surface area contributed by atoms with E-state index in [1.807, 2.05) is 0 Å². The molecular formula is C19H21FN2O3S. The zero-order valence-electron chi connectivity index (χ0n) is 14.8. The van der Waals surface area contributed by atoms with E-state index in [4.69, 9.17) is 0 Å². The van der Waals surface area contributed by atoms with Gasteiger partial charge in [-0.2, -0.15) is 0 Å². The van der Waals surface area contributed by atoms with Crippen molar-refractivity contribution in [2.75, 3.05) is 5.32 Å². The van der Waals surface area contributed by atoms with Crippen molar-refractivity contribution in [1.82, 2.24) is 4.72 Å². The maximum atomic E-state index is 13.5. The molecule has 0 atom stereocenters. The zero-order valence-corrected chi connectivity index (χ0v) is 15.6. The fourth-order valence-corrected chi connectivity index (χ4v) is 3.63. The van der Waals surface area contributed by atoms with Gasteiger partial charge in [0.25, 0.3) is 0 Å². The number of amides is 1. The van der Waals surface area contributed by atoms with Gasteiger partial charge in [0.2, 0.25) is 15.9 Å². The largest absolute Gasteiger partial charge is 0.322 e. The molecule has 1 amide bonds. The maximum absolute atomic E-state index is 13.5. The lowest BCUT2D eigenvalue weighted by Crippen LogP contribution is -2.40. The van der Waals surface area contributed by atoms with Crippen molar-refractivity contribution >= 4 is 27.7 Å². The van der Waals surface area contributed by atoms with Gasteiger partial charge in [-0.15, -0.1) is 0 Å². The van der Waals surface area contributed by atoms with Crippen LogP contribution >= 0.6 is 0 Å². The Labute approximate surface area is 153 Å². The first-order valence-electron chi connectivity index (χ1n) is 7.94. The highest BCUT2D eigenvalue weighted by atomic mass is 32.2. The Morgan fingerprint density at radius 2 is 1.77 bits per heavy atom. The number of hydrogen-bond donors (Lipinski definition) is 2. The molecule has 7 heteroatoms. The minimum absolute atomic E-state index is 0.0447. The molecule has 138 valence electrons. The van der Waals surface area contributed by atoms with E-state index in [1.165, 1.54) is 36.4 Å². The van der Waals surface area contributed by atoms with Gasteiger partial charge in [-0.25, -0.2) is 17.5 Å². The van der Waals surface area contributed by atoms with Crippen LogP contribution in [0.4, 0.5) is 10.1 Å². The molecule has 0 unspecified atom stereocenters. The lowest BCUT2D eigenvalue weighted by Gasteiger charge is -2.20. The van der Waals surface area contributed by atoms with Crippen LogP contribution in [0.5, 0.6) is 0 Å². The van der Waals surface area contributed by atoms with Crippen molar-refractivity contribution in [3.63, 3.8) is 0 Å². The number of sulfonamides is 1. The molecule has 2 aromatic carbocycles. The number of anilines is 1. The molecule has 0 aliphatic rings.